The van der Waals surface area contributed by atoms with Gasteiger partial charge in [0.2, 0.25) is 0 Å². The van der Waals surface area contributed by atoms with Crippen LogP contribution in [0.5, 0.6) is 5.75 Å². The van der Waals surface area contributed by atoms with Crippen molar-refractivity contribution < 1.29 is 9.47 Å². The quantitative estimate of drug-likeness (QED) is 0.182. The van der Waals surface area contributed by atoms with E-state index in [1.165, 1.54) is 33.1 Å². The van der Waals surface area contributed by atoms with Gasteiger partial charge in [0.1, 0.15) is 5.75 Å². The number of aliphatic imine (C=N–C) groups is 1. The molecule has 0 aliphatic rings. The number of methoxy groups -OCH3 is 1. The topological polar surface area (TPSA) is 30.8 Å². The second-order valence-electron chi connectivity index (χ2n) is 8.35. The van der Waals surface area contributed by atoms with E-state index in [2.05, 4.69) is 92.5 Å². The summed E-state index contributed by atoms with van der Waals surface area (Å²) < 4.78 is 11.6. The monoisotopic (exact) mass is 461 g/mol. The predicted octanol–water partition coefficient (Wildman–Crippen LogP) is 6.64. The highest BCUT2D eigenvalue weighted by atomic mass is 31.1. The van der Waals surface area contributed by atoms with Gasteiger partial charge in [-0.3, -0.25) is 4.99 Å². The van der Waals surface area contributed by atoms with Gasteiger partial charge in [0.15, 0.2) is 6.79 Å². The summed E-state index contributed by atoms with van der Waals surface area (Å²) in [5.74, 6) is 0.971. The van der Waals surface area contributed by atoms with Crippen LogP contribution in [0.4, 0.5) is 0 Å². The van der Waals surface area contributed by atoms with Crippen molar-refractivity contribution in [2.45, 2.75) is 45.2 Å². The van der Waals surface area contributed by atoms with Gasteiger partial charge in [0, 0.05) is 37.5 Å². The molecule has 1 atom stereocenters. The molecule has 0 bridgehead atoms. The standard InChI is InChI=1S/C29H36NO2P/c1-6-29(7-2,33-28-22(3)13-11-17-25(28)20-30-4)26-18-12-16-24(27(26)32-21-31-5)19-23-14-9-8-10-15-23/h8-18,20,33H,6-7,19,21H2,1-5H3/b30-20+. The first-order valence-corrected chi connectivity index (χ1v) is 12.7. The predicted molar refractivity (Wildman–Crippen MR) is 143 cm³/mol. The molecule has 0 saturated heterocycles. The van der Waals surface area contributed by atoms with Crippen molar-refractivity contribution in [2.24, 2.45) is 4.99 Å². The molecule has 0 aliphatic carbocycles. The van der Waals surface area contributed by atoms with Gasteiger partial charge in [0.25, 0.3) is 0 Å². The van der Waals surface area contributed by atoms with Crippen LogP contribution >= 0.6 is 8.58 Å². The fourth-order valence-electron chi connectivity index (χ4n) is 4.43. The number of para-hydroxylation sites is 1. The summed E-state index contributed by atoms with van der Waals surface area (Å²) in [6.07, 6.45) is 4.87. The molecule has 3 aromatic rings. The summed E-state index contributed by atoms with van der Waals surface area (Å²) in [6.45, 7) is 7.04. The van der Waals surface area contributed by atoms with Crippen molar-refractivity contribution in [1.29, 1.82) is 0 Å². The lowest BCUT2D eigenvalue weighted by Gasteiger charge is -2.35. The molecule has 0 heterocycles. The molecule has 0 aliphatic heterocycles. The van der Waals surface area contributed by atoms with Gasteiger partial charge < -0.3 is 9.47 Å². The largest absolute Gasteiger partial charge is 0.467 e. The fourth-order valence-corrected chi connectivity index (χ4v) is 6.16. The number of benzene rings is 3. The number of nitrogens with zero attached hydrogens (tertiary/aromatic N) is 1. The Morgan fingerprint density at radius 2 is 1.67 bits per heavy atom. The van der Waals surface area contributed by atoms with Crippen molar-refractivity contribution in [2.75, 3.05) is 21.0 Å². The summed E-state index contributed by atoms with van der Waals surface area (Å²) in [5.41, 5.74) is 6.28. The average Bonchev–Trinajstić information content (AvgIpc) is 2.84. The molecule has 0 aromatic heterocycles. The molecule has 3 nitrogen and oxygen atoms in total. The van der Waals surface area contributed by atoms with E-state index in [-0.39, 0.29) is 11.9 Å². The Morgan fingerprint density at radius 3 is 2.33 bits per heavy atom. The molecule has 0 radical (unpaired) electrons. The highest BCUT2D eigenvalue weighted by molar-refractivity contribution is 7.49. The fraction of sp³-hybridized carbons (Fsp3) is 0.345. The van der Waals surface area contributed by atoms with Gasteiger partial charge in [-0.1, -0.05) is 89.2 Å². The number of aryl methyl sites for hydroxylation is 1. The third-order valence-corrected chi connectivity index (χ3v) is 8.70. The lowest BCUT2D eigenvalue weighted by atomic mass is 9.89. The van der Waals surface area contributed by atoms with Gasteiger partial charge in [0.05, 0.1) is 0 Å². The lowest BCUT2D eigenvalue weighted by molar-refractivity contribution is 0.0493. The second kappa shape index (κ2) is 12.1. The van der Waals surface area contributed by atoms with E-state index in [1.54, 1.807) is 7.11 Å². The first-order chi connectivity index (χ1) is 16.1. The third kappa shape index (κ3) is 5.91. The molecule has 174 valence electrons. The van der Waals surface area contributed by atoms with Crippen LogP contribution in [-0.4, -0.2) is 27.2 Å². The van der Waals surface area contributed by atoms with Crippen molar-refractivity contribution in [3.63, 3.8) is 0 Å². The molecule has 0 spiro atoms. The normalized spacial score (nSPS) is 12.2. The molecule has 0 amide bonds. The van der Waals surface area contributed by atoms with Crippen molar-refractivity contribution >= 4 is 20.1 Å². The molecule has 0 fully saturated rings. The molecule has 0 saturated carbocycles. The van der Waals surface area contributed by atoms with Gasteiger partial charge in [-0.25, -0.2) is 0 Å². The number of hydrogen-bond acceptors (Lipinski definition) is 3. The highest BCUT2D eigenvalue weighted by Crippen LogP contribution is 2.51. The van der Waals surface area contributed by atoms with Crippen LogP contribution in [0.3, 0.4) is 0 Å². The van der Waals surface area contributed by atoms with E-state index < -0.39 is 0 Å². The van der Waals surface area contributed by atoms with Crippen molar-refractivity contribution in [3.8, 4) is 5.75 Å². The smallest absolute Gasteiger partial charge is 0.188 e. The molecule has 0 N–H and O–H groups in total. The van der Waals surface area contributed by atoms with Gasteiger partial charge in [-0.15, -0.1) is 0 Å². The van der Waals surface area contributed by atoms with E-state index >= 15 is 0 Å². The lowest BCUT2D eigenvalue weighted by Crippen LogP contribution is -2.25. The van der Waals surface area contributed by atoms with Crippen LogP contribution in [0.25, 0.3) is 0 Å². The van der Waals surface area contributed by atoms with Crippen LogP contribution in [-0.2, 0) is 16.3 Å². The Labute approximate surface area is 201 Å². The Kier molecular flexibility index (Phi) is 9.23. The molecule has 1 unspecified atom stereocenters. The second-order valence-corrected chi connectivity index (χ2v) is 10.1. The summed E-state index contributed by atoms with van der Waals surface area (Å²) >= 11 is 0. The van der Waals surface area contributed by atoms with Gasteiger partial charge in [-0.2, -0.15) is 0 Å². The molecular weight excluding hydrogens is 425 g/mol. The Balaban J connectivity index is 2.13. The molecule has 33 heavy (non-hydrogen) atoms. The molecule has 3 aromatic carbocycles. The third-order valence-electron chi connectivity index (χ3n) is 6.32. The van der Waals surface area contributed by atoms with Crippen LogP contribution in [0.15, 0.2) is 71.7 Å². The minimum absolute atomic E-state index is 0.0295. The number of rotatable bonds is 11. The SMILES string of the molecule is CCC(CC)(Pc1c(C)cccc1/C=N/C)c1cccc(Cc2ccccc2)c1OCOC. The summed E-state index contributed by atoms with van der Waals surface area (Å²) in [5, 5.41) is 1.36. The Bertz CT molecular complexity index is 1060. The average molecular weight is 462 g/mol. The van der Waals surface area contributed by atoms with Crippen molar-refractivity contribution in [3.05, 3.63) is 94.5 Å². The van der Waals surface area contributed by atoms with Crippen LogP contribution in [0, 0.1) is 6.92 Å². The van der Waals surface area contributed by atoms with E-state index in [9.17, 15) is 0 Å². The van der Waals surface area contributed by atoms with E-state index in [0.29, 0.717) is 8.58 Å². The summed E-state index contributed by atoms with van der Waals surface area (Å²) in [6, 6.07) is 23.7. The molecule has 4 heteroatoms. The Hall–Kier alpha value is -2.48. The minimum atomic E-state index is -0.0295. The maximum absolute atomic E-state index is 6.30. The molecular formula is C29H36NO2P. The number of ether oxygens (including phenoxy) is 2. The summed E-state index contributed by atoms with van der Waals surface area (Å²) in [7, 11) is 4.12. The summed E-state index contributed by atoms with van der Waals surface area (Å²) in [4.78, 5) is 4.32. The zero-order valence-electron chi connectivity index (χ0n) is 20.5. The zero-order chi connectivity index (χ0) is 23.7. The zero-order valence-corrected chi connectivity index (χ0v) is 21.5. The maximum atomic E-state index is 6.30. The van der Waals surface area contributed by atoms with Crippen LogP contribution in [0.2, 0.25) is 0 Å². The first-order valence-electron chi connectivity index (χ1n) is 11.7. The molecule has 3 rings (SSSR count). The van der Waals surface area contributed by atoms with Gasteiger partial charge in [-0.05, 0) is 47.3 Å². The Morgan fingerprint density at radius 1 is 0.939 bits per heavy atom. The van der Waals surface area contributed by atoms with E-state index in [4.69, 9.17) is 9.47 Å². The first kappa shape index (κ1) is 25.1. The maximum Gasteiger partial charge on any atom is 0.188 e. The van der Waals surface area contributed by atoms with E-state index in [1.807, 2.05) is 13.3 Å². The van der Waals surface area contributed by atoms with Crippen LogP contribution in [0.1, 0.15) is 54.5 Å². The van der Waals surface area contributed by atoms with E-state index in [0.717, 1.165) is 25.0 Å². The van der Waals surface area contributed by atoms with Crippen LogP contribution < -0.4 is 10.0 Å². The van der Waals surface area contributed by atoms with Gasteiger partial charge >= 0.3 is 0 Å². The van der Waals surface area contributed by atoms with Crippen molar-refractivity contribution in [1.82, 2.24) is 0 Å². The number of hydrogen-bond donors (Lipinski definition) is 0. The minimum Gasteiger partial charge on any atom is -0.467 e. The highest BCUT2D eigenvalue weighted by Gasteiger charge is 2.34.